The highest BCUT2D eigenvalue weighted by Crippen LogP contribution is 2.39. The van der Waals surface area contributed by atoms with E-state index in [2.05, 4.69) is 24.0 Å². The van der Waals surface area contributed by atoms with Crippen LogP contribution in [0.3, 0.4) is 0 Å². The Morgan fingerprint density at radius 3 is 2.60 bits per heavy atom. The minimum atomic E-state index is 0.00910. The predicted molar refractivity (Wildman–Crippen MR) is 85.5 cm³/mol. The van der Waals surface area contributed by atoms with Gasteiger partial charge in [-0.2, -0.15) is 0 Å². The lowest BCUT2D eigenvalue weighted by Gasteiger charge is -2.32. The molecule has 1 unspecified atom stereocenters. The number of hydrogen-bond acceptors (Lipinski definition) is 3. The van der Waals surface area contributed by atoms with Crippen molar-refractivity contribution >= 4 is 17.3 Å². The van der Waals surface area contributed by atoms with Gasteiger partial charge >= 0.3 is 0 Å². The lowest BCUT2D eigenvalue weighted by atomic mass is 10.1. The Labute approximate surface area is 127 Å². The summed E-state index contributed by atoms with van der Waals surface area (Å²) in [5, 5.41) is 0.781. The molecular formula is C16H25ClN2O. The molecule has 1 aromatic carbocycles. The highest BCUT2D eigenvalue weighted by molar-refractivity contribution is 6.33. The van der Waals surface area contributed by atoms with Crippen molar-refractivity contribution in [2.24, 2.45) is 11.7 Å². The molecule has 2 N–H and O–H groups in total. The maximum absolute atomic E-state index is 6.48. The van der Waals surface area contributed by atoms with Crippen LogP contribution in [0.5, 0.6) is 0 Å². The second-order valence-electron chi connectivity index (χ2n) is 5.76. The number of nitrogens with zero attached hydrogens (tertiary/aromatic N) is 1. The summed E-state index contributed by atoms with van der Waals surface area (Å²) in [5.41, 5.74) is 8.08. The van der Waals surface area contributed by atoms with Gasteiger partial charge in [0.2, 0.25) is 0 Å². The number of halogens is 1. The fourth-order valence-corrected chi connectivity index (χ4v) is 2.90. The van der Waals surface area contributed by atoms with E-state index in [0.717, 1.165) is 28.7 Å². The molecule has 0 aromatic heterocycles. The lowest BCUT2D eigenvalue weighted by Crippen LogP contribution is -2.37. The number of rotatable bonds is 7. The predicted octanol–water partition coefficient (Wildman–Crippen LogP) is 3.61. The molecule has 1 saturated carbocycles. The van der Waals surface area contributed by atoms with Crippen molar-refractivity contribution in [1.82, 2.24) is 0 Å². The topological polar surface area (TPSA) is 38.5 Å². The maximum atomic E-state index is 6.48. The van der Waals surface area contributed by atoms with E-state index in [1.165, 1.54) is 12.8 Å². The van der Waals surface area contributed by atoms with Crippen LogP contribution in [-0.4, -0.2) is 26.3 Å². The van der Waals surface area contributed by atoms with E-state index < -0.39 is 0 Å². The van der Waals surface area contributed by atoms with Crippen molar-refractivity contribution in [1.29, 1.82) is 0 Å². The van der Waals surface area contributed by atoms with Crippen LogP contribution >= 0.6 is 11.6 Å². The fourth-order valence-electron chi connectivity index (χ4n) is 2.61. The Hall–Kier alpha value is -0.770. The Kier molecular flexibility index (Phi) is 5.30. The quantitative estimate of drug-likeness (QED) is 0.835. The second kappa shape index (κ2) is 6.79. The number of ether oxygens (including phenoxy) is 1. The number of nitrogens with two attached hydrogens (primary N) is 1. The molecule has 0 bridgehead atoms. The number of benzene rings is 1. The summed E-state index contributed by atoms with van der Waals surface area (Å²) < 4.78 is 5.24. The zero-order valence-electron chi connectivity index (χ0n) is 12.6. The molecule has 1 aliphatic rings. The summed E-state index contributed by atoms with van der Waals surface area (Å²) in [7, 11) is 1.74. The minimum Gasteiger partial charge on any atom is -0.383 e. The highest BCUT2D eigenvalue weighted by Gasteiger charge is 2.32. The van der Waals surface area contributed by atoms with Crippen LogP contribution in [0.15, 0.2) is 18.2 Å². The standard InChI is InChI=1S/C16H25ClN2O/c1-11(18)14-6-7-16(15(17)10-14)19(8-9-20-3)12(2)13-4-5-13/h6-7,10-13H,4-5,8-9,18H2,1-3H3/t11-,12?/m1/s1. The van der Waals surface area contributed by atoms with E-state index in [9.17, 15) is 0 Å². The van der Waals surface area contributed by atoms with E-state index in [4.69, 9.17) is 22.1 Å². The molecule has 0 saturated heterocycles. The Morgan fingerprint density at radius 2 is 2.10 bits per heavy atom. The zero-order valence-corrected chi connectivity index (χ0v) is 13.4. The van der Waals surface area contributed by atoms with Crippen LogP contribution in [0.25, 0.3) is 0 Å². The Morgan fingerprint density at radius 1 is 1.40 bits per heavy atom. The first-order valence-electron chi connectivity index (χ1n) is 7.35. The van der Waals surface area contributed by atoms with Crippen molar-refractivity contribution in [3.63, 3.8) is 0 Å². The third kappa shape index (κ3) is 3.66. The van der Waals surface area contributed by atoms with Gasteiger partial charge < -0.3 is 15.4 Å². The summed E-state index contributed by atoms with van der Waals surface area (Å²) >= 11 is 6.48. The molecular weight excluding hydrogens is 272 g/mol. The molecule has 112 valence electrons. The van der Waals surface area contributed by atoms with Gasteiger partial charge in [0, 0.05) is 25.7 Å². The first-order valence-corrected chi connectivity index (χ1v) is 7.73. The fraction of sp³-hybridized carbons (Fsp3) is 0.625. The Balaban J connectivity index is 2.22. The number of methoxy groups -OCH3 is 1. The monoisotopic (exact) mass is 296 g/mol. The van der Waals surface area contributed by atoms with Crippen LogP contribution in [0.4, 0.5) is 5.69 Å². The molecule has 0 aliphatic heterocycles. The van der Waals surface area contributed by atoms with Crippen LogP contribution in [0.2, 0.25) is 5.02 Å². The van der Waals surface area contributed by atoms with Gasteiger partial charge in [-0.25, -0.2) is 0 Å². The van der Waals surface area contributed by atoms with Gasteiger partial charge in [0.25, 0.3) is 0 Å². The van der Waals surface area contributed by atoms with Crippen molar-refractivity contribution < 1.29 is 4.74 Å². The van der Waals surface area contributed by atoms with E-state index >= 15 is 0 Å². The molecule has 0 spiro atoms. The van der Waals surface area contributed by atoms with E-state index in [1.54, 1.807) is 7.11 Å². The van der Waals surface area contributed by atoms with Crippen molar-refractivity contribution in [3.05, 3.63) is 28.8 Å². The maximum Gasteiger partial charge on any atom is 0.0643 e. The molecule has 2 atom stereocenters. The molecule has 1 fully saturated rings. The van der Waals surface area contributed by atoms with Gasteiger partial charge in [-0.05, 0) is 50.3 Å². The van der Waals surface area contributed by atoms with E-state index in [1.807, 2.05) is 13.0 Å². The molecule has 0 radical (unpaired) electrons. The lowest BCUT2D eigenvalue weighted by molar-refractivity contribution is 0.202. The van der Waals surface area contributed by atoms with E-state index in [0.29, 0.717) is 12.6 Å². The summed E-state index contributed by atoms with van der Waals surface area (Å²) in [6, 6.07) is 6.67. The molecule has 4 heteroatoms. The van der Waals surface area contributed by atoms with Crippen LogP contribution < -0.4 is 10.6 Å². The molecule has 0 heterocycles. The molecule has 1 aromatic rings. The first-order chi connectivity index (χ1) is 9.54. The number of hydrogen-bond donors (Lipinski definition) is 1. The third-order valence-electron chi connectivity index (χ3n) is 4.14. The summed E-state index contributed by atoms with van der Waals surface area (Å²) in [4.78, 5) is 2.37. The summed E-state index contributed by atoms with van der Waals surface area (Å²) in [6.07, 6.45) is 2.64. The third-order valence-corrected chi connectivity index (χ3v) is 4.44. The minimum absolute atomic E-state index is 0.00910. The average molecular weight is 297 g/mol. The van der Waals surface area contributed by atoms with Crippen LogP contribution in [0.1, 0.15) is 38.3 Å². The van der Waals surface area contributed by atoms with Gasteiger partial charge in [-0.1, -0.05) is 17.7 Å². The second-order valence-corrected chi connectivity index (χ2v) is 6.17. The van der Waals surface area contributed by atoms with Gasteiger partial charge in [-0.3, -0.25) is 0 Å². The molecule has 1 aliphatic carbocycles. The van der Waals surface area contributed by atoms with Gasteiger partial charge in [0.05, 0.1) is 17.3 Å². The van der Waals surface area contributed by atoms with Crippen molar-refractivity contribution in [3.8, 4) is 0 Å². The summed E-state index contributed by atoms with van der Waals surface area (Å²) in [5.74, 6) is 0.788. The summed E-state index contributed by atoms with van der Waals surface area (Å²) in [6.45, 7) is 5.83. The van der Waals surface area contributed by atoms with Crippen LogP contribution in [-0.2, 0) is 4.74 Å². The largest absolute Gasteiger partial charge is 0.383 e. The van der Waals surface area contributed by atoms with Crippen molar-refractivity contribution in [2.45, 2.75) is 38.8 Å². The normalized spacial score (nSPS) is 17.9. The number of anilines is 1. The van der Waals surface area contributed by atoms with Gasteiger partial charge in [0.15, 0.2) is 0 Å². The van der Waals surface area contributed by atoms with Crippen LogP contribution in [0, 0.1) is 5.92 Å². The van der Waals surface area contributed by atoms with Gasteiger partial charge in [-0.15, -0.1) is 0 Å². The molecule has 20 heavy (non-hydrogen) atoms. The van der Waals surface area contributed by atoms with Gasteiger partial charge in [0.1, 0.15) is 0 Å². The zero-order chi connectivity index (χ0) is 14.7. The Bertz CT molecular complexity index is 446. The smallest absolute Gasteiger partial charge is 0.0643 e. The highest BCUT2D eigenvalue weighted by atomic mass is 35.5. The first kappa shape index (κ1) is 15.6. The molecule has 2 rings (SSSR count). The SMILES string of the molecule is COCCN(c1ccc([C@@H](C)N)cc1Cl)C(C)C1CC1. The average Bonchev–Trinajstić information content (AvgIpc) is 3.24. The van der Waals surface area contributed by atoms with Crippen molar-refractivity contribution in [2.75, 3.05) is 25.2 Å². The van der Waals surface area contributed by atoms with E-state index in [-0.39, 0.29) is 6.04 Å². The molecule has 3 nitrogen and oxygen atoms in total. The molecule has 0 amide bonds.